The van der Waals surface area contributed by atoms with E-state index < -0.39 is 0 Å². The Balaban J connectivity index is 1.56. The van der Waals surface area contributed by atoms with E-state index in [0.717, 1.165) is 34.7 Å². The van der Waals surface area contributed by atoms with Crippen LogP contribution in [-0.2, 0) is 11.3 Å². The highest BCUT2D eigenvalue weighted by atomic mass is 16.2. The van der Waals surface area contributed by atoms with Gasteiger partial charge in [0.15, 0.2) is 0 Å². The van der Waals surface area contributed by atoms with Crippen molar-refractivity contribution in [1.82, 2.24) is 9.55 Å². The van der Waals surface area contributed by atoms with Gasteiger partial charge < -0.3 is 9.47 Å². The summed E-state index contributed by atoms with van der Waals surface area (Å²) in [6, 6.07) is 21.2. The lowest BCUT2D eigenvalue weighted by Gasteiger charge is -2.20. The minimum atomic E-state index is 0.0694. The number of carbonyl (C=O) groups is 1. The molecule has 4 nitrogen and oxygen atoms in total. The predicted octanol–water partition coefficient (Wildman–Crippen LogP) is 5.84. The number of hydrogen-bond acceptors (Lipinski definition) is 2. The van der Waals surface area contributed by atoms with E-state index in [1.165, 1.54) is 22.3 Å². The van der Waals surface area contributed by atoms with Crippen molar-refractivity contribution in [2.24, 2.45) is 0 Å². The molecule has 1 unspecified atom stereocenters. The fraction of sp³-hybridized carbons (Fsp3) is 0.286. The van der Waals surface area contributed by atoms with Gasteiger partial charge in [-0.05, 0) is 68.1 Å². The molecule has 1 aromatic heterocycles. The molecular formula is C28H29N3O. The van der Waals surface area contributed by atoms with E-state index in [9.17, 15) is 4.79 Å². The van der Waals surface area contributed by atoms with Crippen molar-refractivity contribution in [3.05, 3.63) is 94.3 Å². The van der Waals surface area contributed by atoms with Crippen LogP contribution in [0.2, 0.25) is 0 Å². The van der Waals surface area contributed by atoms with Crippen molar-refractivity contribution in [2.45, 2.75) is 46.6 Å². The number of imidazole rings is 1. The highest BCUT2D eigenvalue weighted by molar-refractivity contribution is 5.97. The molecule has 32 heavy (non-hydrogen) atoms. The van der Waals surface area contributed by atoms with Crippen molar-refractivity contribution < 1.29 is 4.79 Å². The molecule has 3 aromatic carbocycles. The SMILES string of the molecule is Cc1ccc(C)c(Cn2c(C3CC(=O)N(c4cc(C)ccc4C)C3)nc3ccccc32)c1. The van der Waals surface area contributed by atoms with Crippen molar-refractivity contribution in [3.8, 4) is 0 Å². The lowest BCUT2D eigenvalue weighted by Crippen LogP contribution is -2.25. The van der Waals surface area contributed by atoms with Crippen LogP contribution in [0.5, 0.6) is 0 Å². The zero-order valence-corrected chi connectivity index (χ0v) is 19.2. The van der Waals surface area contributed by atoms with E-state index >= 15 is 0 Å². The molecule has 1 atom stereocenters. The van der Waals surface area contributed by atoms with Crippen LogP contribution in [0.1, 0.15) is 46.0 Å². The molecule has 0 saturated carbocycles. The first kappa shape index (κ1) is 20.5. The number of anilines is 1. The summed E-state index contributed by atoms with van der Waals surface area (Å²) in [5.41, 5.74) is 9.27. The van der Waals surface area contributed by atoms with Crippen LogP contribution in [0.25, 0.3) is 11.0 Å². The van der Waals surface area contributed by atoms with Gasteiger partial charge in [0.25, 0.3) is 0 Å². The normalized spacial score (nSPS) is 16.3. The van der Waals surface area contributed by atoms with Crippen molar-refractivity contribution in [3.63, 3.8) is 0 Å². The number of para-hydroxylation sites is 2. The van der Waals surface area contributed by atoms with Gasteiger partial charge in [-0.3, -0.25) is 4.79 Å². The molecule has 1 amide bonds. The lowest BCUT2D eigenvalue weighted by atomic mass is 10.0. The van der Waals surface area contributed by atoms with Crippen LogP contribution < -0.4 is 4.90 Å². The first-order valence-corrected chi connectivity index (χ1v) is 11.3. The maximum Gasteiger partial charge on any atom is 0.227 e. The van der Waals surface area contributed by atoms with Gasteiger partial charge in [0.1, 0.15) is 5.82 Å². The minimum Gasteiger partial charge on any atom is -0.323 e. The Hall–Kier alpha value is -3.40. The summed E-state index contributed by atoms with van der Waals surface area (Å²) in [5.74, 6) is 1.25. The second-order valence-corrected chi connectivity index (χ2v) is 9.17. The molecule has 1 aliphatic rings. The molecule has 5 rings (SSSR count). The van der Waals surface area contributed by atoms with Gasteiger partial charge in [-0.25, -0.2) is 4.98 Å². The van der Waals surface area contributed by atoms with Gasteiger partial charge in [-0.1, -0.05) is 48.0 Å². The Morgan fingerprint density at radius 3 is 2.44 bits per heavy atom. The Labute approximate surface area is 189 Å². The molecule has 0 aliphatic carbocycles. The van der Waals surface area contributed by atoms with Gasteiger partial charge in [-0.2, -0.15) is 0 Å². The molecule has 4 aromatic rings. The number of rotatable bonds is 4. The summed E-state index contributed by atoms with van der Waals surface area (Å²) in [4.78, 5) is 20.1. The summed E-state index contributed by atoms with van der Waals surface area (Å²) in [7, 11) is 0. The average molecular weight is 424 g/mol. The van der Waals surface area contributed by atoms with Gasteiger partial charge in [0.05, 0.1) is 11.0 Å². The maximum absolute atomic E-state index is 13.1. The fourth-order valence-electron chi connectivity index (χ4n) is 4.84. The van der Waals surface area contributed by atoms with E-state index in [4.69, 9.17) is 4.98 Å². The largest absolute Gasteiger partial charge is 0.323 e. The molecule has 1 fully saturated rings. The number of nitrogens with zero attached hydrogens (tertiary/aromatic N) is 3. The quantitative estimate of drug-likeness (QED) is 0.414. The molecular weight excluding hydrogens is 394 g/mol. The molecule has 0 bridgehead atoms. The third-order valence-electron chi connectivity index (χ3n) is 6.66. The summed E-state index contributed by atoms with van der Waals surface area (Å²) in [6.07, 6.45) is 0.490. The van der Waals surface area contributed by atoms with Gasteiger partial charge in [0, 0.05) is 31.1 Å². The van der Waals surface area contributed by atoms with Crippen molar-refractivity contribution >= 4 is 22.6 Å². The number of benzene rings is 3. The maximum atomic E-state index is 13.1. The molecule has 2 heterocycles. The average Bonchev–Trinajstić information content (AvgIpc) is 3.33. The highest BCUT2D eigenvalue weighted by Gasteiger charge is 2.35. The Kier molecular flexibility index (Phi) is 5.09. The second-order valence-electron chi connectivity index (χ2n) is 9.17. The number of carbonyl (C=O) groups excluding carboxylic acids is 1. The Morgan fingerprint density at radius 1 is 0.906 bits per heavy atom. The second kappa shape index (κ2) is 7.94. The smallest absolute Gasteiger partial charge is 0.227 e. The van der Waals surface area contributed by atoms with Crippen LogP contribution in [-0.4, -0.2) is 22.0 Å². The van der Waals surface area contributed by atoms with Gasteiger partial charge >= 0.3 is 0 Å². The molecule has 0 N–H and O–H groups in total. The summed E-state index contributed by atoms with van der Waals surface area (Å²) >= 11 is 0. The summed E-state index contributed by atoms with van der Waals surface area (Å²) in [6.45, 7) is 9.87. The van der Waals surface area contributed by atoms with E-state index in [-0.39, 0.29) is 11.8 Å². The molecule has 0 spiro atoms. The van der Waals surface area contributed by atoms with E-state index in [2.05, 4.69) is 86.9 Å². The third-order valence-corrected chi connectivity index (χ3v) is 6.66. The van der Waals surface area contributed by atoms with Crippen LogP contribution in [0.15, 0.2) is 60.7 Å². The van der Waals surface area contributed by atoms with E-state index in [1.807, 2.05) is 11.0 Å². The van der Waals surface area contributed by atoms with Crippen LogP contribution in [0.4, 0.5) is 5.69 Å². The molecule has 1 aliphatic heterocycles. The minimum absolute atomic E-state index is 0.0694. The first-order chi connectivity index (χ1) is 15.4. The van der Waals surface area contributed by atoms with E-state index in [0.29, 0.717) is 13.0 Å². The molecule has 4 heteroatoms. The third kappa shape index (κ3) is 3.60. The molecule has 1 saturated heterocycles. The van der Waals surface area contributed by atoms with Crippen LogP contribution in [0.3, 0.4) is 0 Å². The lowest BCUT2D eigenvalue weighted by molar-refractivity contribution is -0.117. The zero-order valence-electron chi connectivity index (χ0n) is 19.2. The fourth-order valence-corrected chi connectivity index (χ4v) is 4.84. The number of aryl methyl sites for hydroxylation is 4. The van der Waals surface area contributed by atoms with Crippen molar-refractivity contribution in [2.75, 3.05) is 11.4 Å². The van der Waals surface area contributed by atoms with Gasteiger partial charge in [0.2, 0.25) is 5.91 Å². The summed E-state index contributed by atoms with van der Waals surface area (Å²) < 4.78 is 2.32. The monoisotopic (exact) mass is 423 g/mol. The first-order valence-electron chi connectivity index (χ1n) is 11.3. The van der Waals surface area contributed by atoms with Crippen LogP contribution >= 0.6 is 0 Å². The zero-order chi connectivity index (χ0) is 22.4. The number of fused-ring (bicyclic) bond motifs is 1. The van der Waals surface area contributed by atoms with Crippen molar-refractivity contribution in [1.29, 1.82) is 0 Å². The standard InChI is InChI=1S/C28H29N3O/c1-18-9-11-20(3)22(13-18)16-31-25-8-6-5-7-24(25)29-28(31)23-15-27(32)30(17-23)26-14-19(2)10-12-21(26)4/h5-14,23H,15-17H2,1-4H3. The Morgan fingerprint density at radius 2 is 1.62 bits per heavy atom. The Bertz CT molecular complexity index is 1330. The number of amides is 1. The topological polar surface area (TPSA) is 38.1 Å². The highest BCUT2D eigenvalue weighted by Crippen LogP contribution is 2.35. The summed E-state index contributed by atoms with van der Waals surface area (Å²) in [5, 5.41) is 0. The van der Waals surface area contributed by atoms with E-state index in [1.54, 1.807) is 0 Å². The van der Waals surface area contributed by atoms with Gasteiger partial charge in [-0.15, -0.1) is 0 Å². The molecule has 0 radical (unpaired) electrons. The molecule has 162 valence electrons. The number of hydrogen-bond donors (Lipinski definition) is 0. The number of aromatic nitrogens is 2. The van der Waals surface area contributed by atoms with Crippen LogP contribution in [0, 0.1) is 27.7 Å². The predicted molar refractivity (Wildman–Crippen MR) is 130 cm³/mol.